The van der Waals surface area contributed by atoms with Crippen molar-refractivity contribution < 1.29 is 19.8 Å². The van der Waals surface area contributed by atoms with Crippen molar-refractivity contribution in [1.82, 2.24) is 5.32 Å². The maximum Gasteiger partial charge on any atom is 0.319 e. The quantitative estimate of drug-likeness (QED) is 0.600. The molecule has 1 rings (SSSR count). The number of amides is 2. The van der Waals surface area contributed by atoms with Gasteiger partial charge in [-0.1, -0.05) is 15.9 Å². The summed E-state index contributed by atoms with van der Waals surface area (Å²) in [6.45, 7) is 1.17. The van der Waals surface area contributed by atoms with Crippen molar-refractivity contribution in [2.45, 2.75) is 18.9 Å². The van der Waals surface area contributed by atoms with Gasteiger partial charge in [0.2, 0.25) is 0 Å². The second-order valence-corrected chi connectivity index (χ2v) is 6.27. The summed E-state index contributed by atoms with van der Waals surface area (Å²) in [6.07, 6.45) is -0.451. The number of urea groups is 1. The Kier molecular flexibility index (Phi) is 5.97. The molecule has 1 unspecified atom stereocenters. The van der Waals surface area contributed by atoms with Crippen molar-refractivity contribution in [2.75, 3.05) is 11.9 Å². The van der Waals surface area contributed by atoms with Crippen LogP contribution in [0.15, 0.2) is 27.1 Å². The third-order valence-corrected chi connectivity index (χ3v) is 3.52. The molecule has 0 bridgehead atoms. The highest BCUT2D eigenvalue weighted by molar-refractivity contribution is 9.11. The molecule has 2 amide bonds. The Morgan fingerprint density at radius 1 is 1.35 bits per heavy atom. The topological polar surface area (TPSA) is 98.7 Å². The van der Waals surface area contributed by atoms with Gasteiger partial charge in [0, 0.05) is 15.5 Å². The summed E-state index contributed by atoms with van der Waals surface area (Å²) in [4.78, 5) is 22.2. The van der Waals surface area contributed by atoms with E-state index in [4.69, 9.17) is 5.11 Å². The highest BCUT2D eigenvalue weighted by atomic mass is 79.9. The molecule has 1 atom stereocenters. The lowest BCUT2D eigenvalue weighted by Gasteiger charge is -2.21. The summed E-state index contributed by atoms with van der Waals surface area (Å²) in [5, 5.41) is 23.4. The Balaban J connectivity index is 2.56. The molecule has 0 saturated heterocycles. The van der Waals surface area contributed by atoms with Crippen LogP contribution in [0.2, 0.25) is 0 Å². The number of aliphatic hydroxyl groups is 1. The molecule has 0 saturated carbocycles. The van der Waals surface area contributed by atoms with Crippen molar-refractivity contribution in [3.05, 3.63) is 27.1 Å². The average Bonchev–Trinajstić information content (AvgIpc) is 2.30. The van der Waals surface area contributed by atoms with E-state index in [0.717, 1.165) is 4.47 Å². The minimum absolute atomic E-state index is 0.170. The van der Waals surface area contributed by atoms with Gasteiger partial charge in [0.05, 0.1) is 17.7 Å². The molecule has 4 N–H and O–H groups in total. The number of halogens is 2. The van der Waals surface area contributed by atoms with Crippen LogP contribution in [0.4, 0.5) is 10.5 Å². The minimum Gasteiger partial charge on any atom is -0.481 e. The fraction of sp³-hybridized carbons (Fsp3) is 0.333. The molecular formula is C12H14Br2N2O4. The fourth-order valence-corrected chi connectivity index (χ4v) is 2.13. The van der Waals surface area contributed by atoms with Crippen LogP contribution < -0.4 is 10.6 Å². The number of carboxylic acids is 1. The van der Waals surface area contributed by atoms with Gasteiger partial charge in [0.1, 0.15) is 0 Å². The first kappa shape index (κ1) is 16.9. The second-order valence-electron chi connectivity index (χ2n) is 4.50. The minimum atomic E-state index is -1.50. The lowest BCUT2D eigenvalue weighted by atomic mass is 10.0. The van der Waals surface area contributed by atoms with E-state index in [0.29, 0.717) is 10.2 Å². The highest BCUT2D eigenvalue weighted by Crippen LogP contribution is 2.26. The molecule has 0 aliphatic rings. The van der Waals surface area contributed by atoms with E-state index in [9.17, 15) is 14.7 Å². The van der Waals surface area contributed by atoms with Crippen molar-refractivity contribution >= 4 is 49.5 Å². The van der Waals surface area contributed by atoms with Crippen LogP contribution in [0, 0.1) is 0 Å². The summed E-state index contributed by atoms with van der Waals surface area (Å²) >= 11 is 6.58. The molecule has 1 aromatic carbocycles. The van der Waals surface area contributed by atoms with Gasteiger partial charge in [-0.2, -0.15) is 0 Å². The van der Waals surface area contributed by atoms with Crippen LogP contribution in [0.5, 0.6) is 0 Å². The number of hydrogen-bond donors (Lipinski definition) is 4. The molecule has 0 fully saturated rings. The number of carbonyl (C=O) groups is 2. The van der Waals surface area contributed by atoms with Gasteiger partial charge in [0.15, 0.2) is 0 Å². The SMILES string of the molecule is CC(O)(CNC(=O)Nc1cc(Br)ccc1Br)CC(=O)O. The van der Waals surface area contributed by atoms with Gasteiger partial charge < -0.3 is 20.8 Å². The van der Waals surface area contributed by atoms with Gasteiger partial charge >= 0.3 is 12.0 Å². The first-order valence-electron chi connectivity index (χ1n) is 5.64. The Labute approximate surface area is 132 Å². The zero-order chi connectivity index (χ0) is 15.3. The number of benzene rings is 1. The maximum absolute atomic E-state index is 11.7. The summed E-state index contributed by atoms with van der Waals surface area (Å²) in [7, 11) is 0. The van der Waals surface area contributed by atoms with E-state index in [2.05, 4.69) is 42.5 Å². The van der Waals surface area contributed by atoms with Crippen molar-refractivity contribution in [1.29, 1.82) is 0 Å². The Hall–Kier alpha value is -1.12. The molecule has 0 radical (unpaired) electrons. The molecule has 0 spiro atoms. The number of hydrogen-bond acceptors (Lipinski definition) is 3. The zero-order valence-corrected chi connectivity index (χ0v) is 13.8. The Bertz CT molecular complexity index is 520. The lowest BCUT2D eigenvalue weighted by molar-refractivity contribution is -0.141. The zero-order valence-electron chi connectivity index (χ0n) is 10.6. The molecule has 0 aliphatic heterocycles. The highest BCUT2D eigenvalue weighted by Gasteiger charge is 2.24. The number of aliphatic carboxylic acids is 1. The van der Waals surface area contributed by atoms with Crippen LogP contribution in [-0.4, -0.2) is 34.4 Å². The van der Waals surface area contributed by atoms with Gasteiger partial charge in [-0.05, 0) is 41.1 Å². The molecule has 20 heavy (non-hydrogen) atoms. The van der Waals surface area contributed by atoms with Gasteiger partial charge in [-0.25, -0.2) is 4.79 Å². The first-order chi connectivity index (χ1) is 9.19. The third kappa shape index (κ3) is 5.89. The van der Waals surface area contributed by atoms with Crippen LogP contribution in [0.3, 0.4) is 0 Å². The number of carboxylic acid groups (broad SMARTS) is 1. The largest absolute Gasteiger partial charge is 0.481 e. The van der Waals surface area contributed by atoms with Gasteiger partial charge in [-0.15, -0.1) is 0 Å². The monoisotopic (exact) mass is 408 g/mol. The average molecular weight is 410 g/mol. The van der Waals surface area contributed by atoms with E-state index in [1.54, 1.807) is 12.1 Å². The number of carbonyl (C=O) groups excluding carboxylic acids is 1. The second kappa shape index (κ2) is 7.05. The smallest absolute Gasteiger partial charge is 0.319 e. The molecule has 0 heterocycles. The predicted molar refractivity (Wildman–Crippen MR) is 81.7 cm³/mol. The van der Waals surface area contributed by atoms with Crippen molar-refractivity contribution in [3.63, 3.8) is 0 Å². The van der Waals surface area contributed by atoms with Gasteiger partial charge in [0.25, 0.3) is 0 Å². The molecular weight excluding hydrogens is 396 g/mol. The van der Waals surface area contributed by atoms with Crippen LogP contribution in [-0.2, 0) is 4.79 Å². The Morgan fingerprint density at radius 3 is 2.60 bits per heavy atom. The first-order valence-corrected chi connectivity index (χ1v) is 7.22. The van der Waals surface area contributed by atoms with Crippen LogP contribution in [0.25, 0.3) is 0 Å². The predicted octanol–water partition coefficient (Wildman–Crippen LogP) is 2.56. The van der Waals surface area contributed by atoms with E-state index >= 15 is 0 Å². The third-order valence-electron chi connectivity index (χ3n) is 2.34. The normalized spacial score (nSPS) is 13.4. The summed E-state index contributed by atoms with van der Waals surface area (Å²) in [6, 6.07) is 4.75. The molecule has 6 nitrogen and oxygen atoms in total. The number of rotatable bonds is 5. The van der Waals surface area contributed by atoms with E-state index < -0.39 is 24.0 Å². The van der Waals surface area contributed by atoms with Gasteiger partial charge in [-0.3, -0.25) is 4.79 Å². The standard InChI is InChI=1S/C12H14Br2N2O4/c1-12(20,5-10(17)18)6-15-11(19)16-9-4-7(13)2-3-8(9)14/h2-4,20H,5-6H2,1H3,(H,17,18)(H2,15,16,19). The molecule has 1 aromatic rings. The van der Waals surface area contributed by atoms with Crippen molar-refractivity contribution in [2.24, 2.45) is 0 Å². The number of nitrogens with one attached hydrogen (secondary N) is 2. The summed E-state index contributed by atoms with van der Waals surface area (Å²) < 4.78 is 1.50. The maximum atomic E-state index is 11.7. The molecule has 8 heteroatoms. The molecule has 0 aliphatic carbocycles. The summed E-state index contributed by atoms with van der Waals surface area (Å²) in [5.41, 5.74) is -0.952. The molecule has 0 aromatic heterocycles. The molecule has 110 valence electrons. The van der Waals surface area contributed by atoms with Crippen LogP contribution >= 0.6 is 31.9 Å². The van der Waals surface area contributed by atoms with E-state index in [1.165, 1.54) is 6.92 Å². The van der Waals surface area contributed by atoms with Crippen molar-refractivity contribution in [3.8, 4) is 0 Å². The number of anilines is 1. The fourth-order valence-electron chi connectivity index (χ4n) is 1.42. The Morgan fingerprint density at radius 2 is 2.00 bits per heavy atom. The lowest BCUT2D eigenvalue weighted by Crippen LogP contribution is -2.43. The van der Waals surface area contributed by atoms with E-state index in [1.807, 2.05) is 6.07 Å². The summed E-state index contributed by atoms with van der Waals surface area (Å²) in [5.74, 6) is -1.13. The van der Waals surface area contributed by atoms with Crippen LogP contribution in [0.1, 0.15) is 13.3 Å². The van der Waals surface area contributed by atoms with E-state index in [-0.39, 0.29) is 6.54 Å².